The van der Waals surface area contributed by atoms with Gasteiger partial charge in [-0.25, -0.2) is 0 Å². The first-order valence-electron chi connectivity index (χ1n) is 7.79. The van der Waals surface area contributed by atoms with Gasteiger partial charge in [0.1, 0.15) is 0 Å². The van der Waals surface area contributed by atoms with Crippen LogP contribution in [0.5, 0.6) is 0 Å². The predicted molar refractivity (Wildman–Crippen MR) is 85.7 cm³/mol. The van der Waals surface area contributed by atoms with Gasteiger partial charge >= 0.3 is 0 Å². The highest BCUT2D eigenvalue weighted by Gasteiger charge is 2.22. The molecule has 0 saturated carbocycles. The van der Waals surface area contributed by atoms with Crippen LogP contribution in [-0.4, -0.2) is 42.5 Å². The summed E-state index contributed by atoms with van der Waals surface area (Å²) < 4.78 is 5.63. The van der Waals surface area contributed by atoms with Crippen LogP contribution < -0.4 is 0 Å². The van der Waals surface area contributed by atoms with E-state index in [0.29, 0.717) is 18.9 Å². The van der Waals surface area contributed by atoms with E-state index in [2.05, 4.69) is 12.1 Å². The molecule has 21 heavy (non-hydrogen) atoms. The van der Waals surface area contributed by atoms with Gasteiger partial charge in [-0.2, -0.15) is 0 Å². The normalized spacial score (nSPS) is 16.1. The standard InChI is InChI=1S/C17H24ClNO2/c18-11-14-21-16-9-12-19(13-10-16)17(20)8-4-7-15-5-2-1-3-6-15/h1-3,5-6,16H,4,7-14H2. The summed E-state index contributed by atoms with van der Waals surface area (Å²) in [6.45, 7) is 2.24. The molecule has 1 aromatic rings. The number of carbonyl (C=O) groups excluding carboxylic acids is 1. The molecule has 3 nitrogen and oxygen atoms in total. The number of hydrogen-bond donors (Lipinski definition) is 0. The van der Waals surface area contributed by atoms with Crippen LogP contribution in [0.15, 0.2) is 30.3 Å². The molecule has 1 aromatic carbocycles. The van der Waals surface area contributed by atoms with Crippen LogP contribution in [0.3, 0.4) is 0 Å². The smallest absolute Gasteiger partial charge is 0.222 e. The van der Waals surface area contributed by atoms with Gasteiger partial charge in [0.05, 0.1) is 12.7 Å². The van der Waals surface area contributed by atoms with E-state index >= 15 is 0 Å². The van der Waals surface area contributed by atoms with Crippen molar-refractivity contribution in [2.75, 3.05) is 25.6 Å². The van der Waals surface area contributed by atoms with Gasteiger partial charge in [-0.1, -0.05) is 30.3 Å². The van der Waals surface area contributed by atoms with Gasteiger partial charge in [0, 0.05) is 25.4 Å². The molecule has 0 radical (unpaired) electrons. The highest BCUT2D eigenvalue weighted by molar-refractivity contribution is 6.17. The molecule has 1 aliphatic rings. The van der Waals surface area contributed by atoms with Crippen LogP contribution in [0.4, 0.5) is 0 Å². The molecule has 0 N–H and O–H groups in total. The second-order valence-corrected chi connectivity index (χ2v) is 5.86. The molecule has 0 bridgehead atoms. The number of nitrogens with zero attached hydrogens (tertiary/aromatic N) is 1. The zero-order valence-electron chi connectivity index (χ0n) is 12.5. The van der Waals surface area contributed by atoms with E-state index < -0.39 is 0 Å². The van der Waals surface area contributed by atoms with Crippen molar-refractivity contribution < 1.29 is 9.53 Å². The Hall–Kier alpha value is -1.06. The third-order valence-corrected chi connectivity index (χ3v) is 4.08. The van der Waals surface area contributed by atoms with E-state index in [4.69, 9.17) is 16.3 Å². The van der Waals surface area contributed by atoms with Crippen molar-refractivity contribution >= 4 is 17.5 Å². The molecule has 1 heterocycles. The number of ether oxygens (including phenoxy) is 1. The number of amides is 1. The maximum Gasteiger partial charge on any atom is 0.222 e. The van der Waals surface area contributed by atoms with Crippen LogP contribution in [0.2, 0.25) is 0 Å². The van der Waals surface area contributed by atoms with Gasteiger partial charge in [0.25, 0.3) is 0 Å². The van der Waals surface area contributed by atoms with Crippen molar-refractivity contribution in [1.82, 2.24) is 4.90 Å². The Balaban J connectivity index is 1.63. The second kappa shape index (κ2) is 9.06. The fraction of sp³-hybridized carbons (Fsp3) is 0.588. The van der Waals surface area contributed by atoms with Crippen LogP contribution in [-0.2, 0) is 16.0 Å². The molecular weight excluding hydrogens is 286 g/mol. The minimum Gasteiger partial charge on any atom is -0.377 e. The number of rotatable bonds is 7. The summed E-state index contributed by atoms with van der Waals surface area (Å²) in [6.07, 6.45) is 4.68. The number of hydrogen-bond acceptors (Lipinski definition) is 2. The van der Waals surface area contributed by atoms with Crippen molar-refractivity contribution in [3.05, 3.63) is 35.9 Å². The van der Waals surface area contributed by atoms with Crippen LogP contribution in [0, 0.1) is 0 Å². The lowest BCUT2D eigenvalue weighted by atomic mass is 10.1. The van der Waals surface area contributed by atoms with Gasteiger partial charge in [-0.15, -0.1) is 11.6 Å². The monoisotopic (exact) mass is 309 g/mol. The third kappa shape index (κ3) is 5.68. The molecule has 1 aliphatic heterocycles. The number of piperidine rings is 1. The van der Waals surface area contributed by atoms with Gasteiger partial charge in [-0.3, -0.25) is 4.79 Å². The molecule has 0 spiro atoms. The Kier molecular flexibility index (Phi) is 7.04. The number of likely N-dealkylation sites (tertiary alicyclic amines) is 1. The zero-order chi connectivity index (χ0) is 14.9. The first-order chi connectivity index (χ1) is 10.3. The van der Waals surface area contributed by atoms with Crippen molar-refractivity contribution in [1.29, 1.82) is 0 Å². The first-order valence-corrected chi connectivity index (χ1v) is 8.32. The molecule has 116 valence electrons. The number of aryl methyl sites for hydroxylation is 1. The van der Waals surface area contributed by atoms with E-state index in [9.17, 15) is 4.79 Å². The van der Waals surface area contributed by atoms with Crippen LogP contribution in [0.25, 0.3) is 0 Å². The fourth-order valence-corrected chi connectivity index (χ4v) is 2.82. The van der Waals surface area contributed by atoms with E-state index in [1.54, 1.807) is 0 Å². The molecule has 0 aliphatic carbocycles. The number of alkyl halides is 1. The van der Waals surface area contributed by atoms with E-state index in [1.807, 2.05) is 23.1 Å². The maximum atomic E-state index is 12.2. The molecule has 2 rings (SSSR count). The largest absolute Gasteiger partial charge is 0.377 e. The number of halogens is 1. The highest BCUT2D eigenvalue weighted by Crippen LogP contribution is 2.15. The molecule has 0 unspecified atom stereocenters. The average Bonchev–Trinajstić information content (AvgIpc) is 2.54. The zero-order valence-corrected chi connectivity index (χ0v) is 13.2. The lowest BCUT2D eigenvalue weighted by Crippen LogP contribution is -2.41. The Morgan fingerprint density at radius 1 is 1.24 bits per heavy atom. The summed E-state index contributed by atoms with van der Waals surface area (Å²) in [7, 11) is 0. The molecule has 0 aromatic heterocycles. The molecule has 4 heteroatoms. The van der Waals surface area contributed by atoms with Gasteiger partial charge in [0.15, 0.2) is 0 Å². The SMILES string of the molecule is O=C(CCCc1ccccc1)N1CCC(OCCCl)CC1. The van der Waals surface area contributed by atoms with Gasteiger partial charge in [0.2, 0.25) is 5.91 Å². The predicted octanol–water partition coefficient (Wildman–Crippen LogP) is 3.26. The van der Waals surface area contributed by atoms with Gasteiger partial charge in [-0.05, 0) is 31.2 Å². The van der Waals surface area contributed by atoms with Crippen molar-refractivity contribution in [2.24, 2.45) is 0 Å². The van der Waals surface area contributed by atoms with Crippen LogP contribution >= 0.6 is 11.6 Å². The van der Waals surface area contributed by atoms with E-state index in [-0.39, 0.29) is 12.0 Å². The molecular formula is C17H24ClNO2. The maximum absolute atomic E-state index is 12.2. The fourth-order valence-electron chi connectivity index (χ4n) is 2.73. The Labute approximate surface area is 132 Å². The average molecular weight is 310 g/mol. The summed E-state index contributed by atoms with van der Waals surface area (Å²) in [6, 6.07) is 10.3. The number of carbonyl (C=O) groups is 1. The first kappa shape index (κ1) is 16.3. The summed E-state index contributed by atoms with van der Waals surface area (Å²) in [5.74, 6) is 0.820. The minimum absolute atomic E-state index is 0.275. The quantitative estimate of drug-likeness (QED) is 0.724. The van der Waals surface area contributed by atoms with E-state index in [1.165, 1.54) is 5.56 Å². The third-order valence-electron chi connectivity index (χ3n) is 3.92. The summed E-state index contributed by atoms with van der Waals surface area (Å²) in [5.41, 5.74) is 1.30. The minimum atomic E-state index is 0.275. The molecule has 1 saturated heterocycles. The van der Waals surface area contributed by atoms with Crippen molar-refractivity contribution in [3.63, 3.8) is 0 Å². The van der Waals surface area contributed by atoms with E-state index in [0.717, 1.165) is 38.8 Å². The Bertz CT molecular complexity index is 416. The lowest BCUT2D eigenvalue weighted by Gasteiger charge is -2.32. The highest BCUT2D eigenvalue weighted by atomic mass is 35.5. The number of benzene rings is 1. The topological polar surface area (TPSA) is 29.5 Å². The summed E-state index contributed by atoms with van der Waals surface area (Å²) in [4.78, 5) is 14.2. The Morgan fingerprint density at radius 2 is 1.95 bits per heavy atom. The Morgan fingerprint density at radius 3 is 2.62 bits per heavy atom. The second-order valence-electron chi connectivity index (χ2n) is 5.48. The van der Waals surface area contributed by atoms with Crippen molar-refractivity contribution in [2.45, 2.75) is 38.2 Å². The summed E-state index contributed by atoms with van der Waals surface area (Å²) in [5, 5.41) is 0. The molecule has 1 amide bonds. The lowest BCUT2D eigenvalue weighted by molar-refractivity contribution is -0.133. The van der Waals surface area contributed by atoms with Gasteiger partial charge < -0.3 is 9.64 Å². The van der Waals surface area contributed by atoms with Crippen molar-refractivity contribution in [3.8, 4) is 0 Å². The summed E-state index contributed by atoms with van der Waals surface area (Å²) >= 11 is 5.62. The molecule has 0 atom stereocenters. The van der Waals surface area contributed by atoms with Crippen LogP contribution in [0.1, 0.15) is 31.2 Å². The molecule has 1 fully saturated rings.